The van der Waals surface area contributed by atoms with Crippen LogP contribution in [0.3, 0.4) is 0 Å². The lowest BCUT2D eigenvalue weighted by Gasteiger charge is -2.18. The first-order chi connectivity index (χ1) is 14.6. The fourth-order valence-electron chi connectivity index (χ4n) is 3.14. The molecule has 1 N–H and O–H groups in total. The molecule has 10 heteroatoms. The summed E-state index contributed by atoms with van der Waals surface area (Å²) in [7, 11) is 0. The van der Waals surface area contributed by atoms with Gasteiger partial charge in [-0.2, -0.15) is 0 Å². The second kappa shape index (κ2) is 9.38. The summed E-state index contributed by atoms with van der Waals surface area (Å²) in [6.45, 7) is 6.97. The van der Waals surface area contributed by atoms with Crippen molar-refractivity contribution >= 4 is 62.3 Å². The van der Waals surface area contributed by atoms with Gasteiger partial charge in [0, 0.05) is 5.02 Å². The average Bonchev–Trinajstić information content (AvgIpc) is 3.03. The third-order valence-corrected chi connectivity index (χ3v) is 6.35. The van der Waals surface area contributed by atoms with E-state index in [9.17, 15) is 14.4 Å². The number of hydrogen-bond acceptors (Lipinski definition) is 6. The number of nitrogens with one attached hydrogen (secondary N) is 1. The van der Waals surface area contributed by atoms with Crippen LogP contribution in [0.25, 0.3) is 10.2 Å². The van der Waals surface area contributed by atoms with E-state index in [1.165, 1.54) is 17.0 Å². The van der Waals surface area contributed by atoms with Crippen LogP contribution in [-0.2, 0) is 9.53 Å². The van der Waals surface area contributed by atoms with Gasteiger partial charge in [-0.25, -0.2) is 9.78 Å². The first-order valence-corrected chi connectivity index (χ1v) is 11.2. The van der Waals surface area contributed by atoms with E-state index in [1.807, 2.05) is 0 Å². The first-order valence-electron chi connectivity index (χ1n) is 9.61. The van der Waals surface area contributed by atoms with Crippen molar-refractivity contribution in [3.8, 4) is 0 Å². The summed E-state index contributed by atoms with van der Waals surface area (Å²) in [5.41, 5.74) is 0.488. The molecule has 0 saturated carbocycles. The molecule has 0 aliphatic carbocycles. The van der Waals surface area contributed by atoms with E-state index in [1.54, 1.807) is 39.8 Å². The van der Waals surface area contributed by atoms with Crippen LogP contribution in [0.15, 0.2) is 29.3 Å². The predicted octanol–water partition coefficient (Wildman–Crippen LogP) is 5.23. The summed E-state index contributed by atoms with van der Waals surface area (Å²) in [4.78, 5) is 43.6. The second-order valence-electron chi connectivity index (χ2n) is 7.18. The molecule has 3 rings (SSSR count). The number of esters is 1. The van der Waals surface area contributed by atoms with Crippen molar-refractivity contribution < 1.29 is 14.3 Å². The molecule has 0 fully saturated rings. The fourth-order valence-corrected chi connectivity index (χ4v) is 4.61. The Kier molecular flexibility index (Phi) is 7.03. The molecule has 0 aliphatic rings. The van der Waals surface area contributed by atoms with E-state index >= 15 is 0 Å². The van der Waals surface area contributed by atoms with Gasteiger partial charge < -0.3 is 10.1 Å². The van der Waals surface area contributed by atoms with Gasteiger partial charge in [-0.05, 0) is 51.0 Å². The molecule has 2 heterocycles. The highest BCUT2D eigenvalue weighted by Crippen LogP contribution is 2.29. The third kappa shape index (κ3) is 4.76. The van der Waals surface area contributed by atoms with Gasteiger partial charge in [0.25, 0.3) is 5.56 Å². The monoisotopic (exact) mass is 481 g/mol. The molecule has 0 saturated heterocycles. The Morgan fingerprint density at radius 3 is 2.61 bits per heavy atom. The number of fused-ring (bicyclic) bond motifs is 1. The topological polar surface area (TPSA) is 90.3 Å². The number of anilines is 1. The smallest absolute Gasteiger partial charge is 0.348 e. The van der Waals surface area contributed by atoms with Crippen LogP contribution in [0.4, 0.5) is 5.69 Å². The average molecular weight is 482 g/mol. The summed E-state index contributed by atoms with van der Waals surface area (Å²) in [5, 5.41) is 3.77. The van der Waals surface area contributed by atoms with Crippen molar-refractivity contribution in [1.29, 1.82) is 0 Å². The van der Waals surface area contributed by atoms with Crippen molar-refractivity contribution in [1.82, 2.24) is 9.55 Å². The van der Waals surface area contributed by atoms with Crippen molar-refractivity contribution in [2.24, 2.45) is 0 Å². The maximum atomic E-state index is 13.2. The van der Waals surface area contributed by atoms with E-state index in [4.69, 9.17) is 27.9 Å². The van der Waals surface area contributed by atoms with E-state index < -0.39 is 23.5 Å². The highest BCUT2D eigenvalue weighted by molar-refractivity contribution is 7.20. The Hall–Kier alpha value is -2.42. The molecule has 164 valence electrons. The highest BCUT2D eigenvalue weighted by Gasteiger charge is 2.25. The number of hydrogen-bond donors (Lipinski definition) is 1. The van der Waals surface area contributed by atoms with E-state index in [-0.39, 0.29) is 6.10 Å². The number of ether oxygens (including phenoxy) is 1. The number of aromatic nitrogens is 2. The largest absolute Gasteiger partial charge is 0.459 e. The Bertz CT molecular complexity index is 1220. The van der Waals surface area contributed by atoms with Crippen LogP contribution in [0.5, 0.6) is 0 Å². The van der Waals surface area contributed by atoms with Crippen molar-refractivity contribution in [2.75, 3.05) is 5.32 Å². The molecule has 0 aliphatic heterocycles. The molecule has 7 nitrogen and oxygen atoms in total. The van der Waals surface area contributed by atoms with Crippen LogP contribution >= 0.6 is 34.5 Å². The Morgan fingerprint density at radius 2 is 2.00 bits per heavy atom. The van der Waals surface area contributed by atoms with E-state index in [0.29, 0.717) is 42.8 Å². The molecular weight excluding hydrogens is 461 g/mol. The molecular formula is C21H21Cl2N3O4S. The SMILES string of the molecule is CCC(C(=O)Nc1ccc(Cl)cc1Cl)n1cnc2sc(C(=O)OC(C)C)c(C)c2c1=O. The van der Waals surface area contributed by atoms with E-state index in [0.717, 1.165) is 11.3 Å². The summed E-state index contributed by atoms with van der Waals surface area (Å²) >= 11 is 13.1. The van der Waals surface area contributed by atoms with Crippen LogP contribution in [0.1, 0.15) is 48.5 Å². The Balaban J connectivity index is 1.99. The molecule has 1 aromatic carbocycles. The summed E-state index contributed by atoms with van der Waals surface area (Å²) in [5.74, 6) is -0.911. The van der Waals surface area contributed by atoms with Gasteiger partial charge in [0.2, 0.25) is 5.91 Å². The van der Waals surface area contributed by atoms with Gasteiger partial charge >= 0.3 is 5.97 Å². The van der Waals surface area contributed by atoms with Gasteiger partial charge in [0.1, 0.15) is 15.7 Å². The number of halogens is 2. The fraction of sp³-hybridized carbons (Fsp3) is 0.333. The zero-order valence-corrected chi connectivity index (χ0v) is 19.7. The standard InChI is InChI=1S/C21H21Cl2N3O4S/c1-5-15(18(27)25-14-7-6-12(22)8-13(14)23)26-9-24-19-16(20(26)28)11(4)17(31-19)21(29)30-10(2)3/h6-10,15H,5H2,1-4H3,(H,25,27). The number of carbonyl (C=O) groups excluding carboxylic acids is 2. The predicted molar refractivity (Wildman–Crippen MR) is 124 cm³/mol. The molecule has 1 amide bonds. The number of rotatable bonds is 6. The maximum Gasteiger partial charge on any atom is 0.348 e. The van der Waals surface area contributed by atoms with Crippen LogP contribution in [0, 0.1) is 6.92 Å². The van der Waals surface area contributed by atoms with Gasteiger partial charge in [-0.3, -0.25) is 14.2 Å². The molecule has 1 atom stereocenters. The lowest BCUT2D eigenvalue weighted by molar-refractivity contribution is -0.119. The summed E-state index contributed by atoms with van der Waals surface area (Å²) in [6, 6.07) is 3.90. The van der Waals surface area contributed by atoms with Crippen molar-refractivity contribution in [3.63, 3.8) is 0 Å². The molecule has 0 bridgehead atoms. The number of amides is 1. The second-order valence-corrected chi connectivity index (χ2v) is 9.03. The molecule has 1 unspecified atom stereocenters. The number of benzene rings is 1. The third-order valence-electron chi connectivity index (χ3n) is 4.62. The number of nitrogens with zero attached hydrogens (tertiary/aromatic N) is 2. The summed E-state index contributed by atoms with van der Waals surface area (Å²) < 4.78 is 6.53. The lowest BCUT2D eigenvalue weighted by Crippen LogP contribution is -2.33. The molecule has 31 heavy (non-hydrogen) atoms. The Morgan fingerprint density at radius 1 is 1.29 bits per heavy atom. The quantitative estimate of drug-likeness (QED) is 0.486. The summed E-state index contributed by atoms with van der Waals surface area (Å²) in [6.07, 6.45) is 1.39. The number of aryl methyl sites for hydroxylation is 1. The van der Waals surface area contributed by atoms with Crippen LogP contribution < -0.4 is 10.9 Å². The number of carbonyl (C=O) groups is 2. The zero-order valence-electron chi connectivity index (χ0n) is 17.4. The van der Waals surface area contributed by atoms with Gasteiger partial charge in [-0.15, -0.1) is 11.3 Å². The van der Waals surface area contributed by atoms with Crippen molar-refractivity contribution in [2.45, 2.75) is 46.3 Å². The minimum Gasteiger partial charge on any atom is -0.459 e. The molecule has 2 aromatic heterocycles. The zero-order chi connectivity index (χ0) is 22.9. The van der Waals surface area contributed by atoms with Crippen molar-refractivity contribution in [3.05, 3.63) is 55.4 Å². The highest BCUT2D eigenvalue weighted by atomic mass is 35.5. The molecule has 0 spiro atoms. The lowest BCUT2D eigenvalue weighted by atomic mass is 10.1. The van der Waals surface area contributed by atoms with E-state index in [2.05, 4.69) is 10.3 Å². The van der Waals surface area contributed by atoms with Crippen LogP contribution in [-0.4, -0.2) is 27.5 Å². The van der Waals surface area contributed by atoms with Gasteiger partial charge in [-0.1, -0.05) is 30.1 Å². The molecule has 3 aromatic rings. The minimum absolute atomic E-state index is 0.283. The van der Waals surface area contributed by atoms with Crippen LogP contribution in [0.2, 0.25) is 10.0 Å². The first kappa shape index (κ1) is 23.2. The van der Waals surface area contributed by atoms with Gasteiger partial charge in [0.15, 0.2) is 0 Å². The normalized spacial score (nSPS) is 12.2. The number of thiophene rings is 1. The van der Waals surface area contributed by atoms with Gasteiger partial charge in [0.05, 0.1) is 28.5 Å². The molecule has 0 radical (unpaired) electrons. The Labute approximate surface area is 192 Å². The maximum absolute atomic E-state index is 13.2. The minimum atomic E-state index is -0.818.